The average molecular weight is 447 g/mol. The van der Waals surface area contributed by atoms with Crippen molar-refractivity contribution < 1.29 is 29.3 Å². The van der Waals surface area contributed by atoms with Crippen molar-refractivity contribution in [2.24, 2.45) is 5.92 Å². The Morgan fingerprint density at radius 3 is 2.23 bits per heavy atom. The molecule has 9 heteroatoms. The Hall–Kier alpha value is -1.32. The maximum atomic E-state index is 12.3. The molecule has 1 heterocycles. The van der Waals surface area contributed by atoms with Gasteiger partial charge in [-0.2, -0.15) is 0 Å². The molecule has 0 aromatic rings. The summed E-state index contributed by atoms with van der Waals surface area (Å²) in [6, 6.07) is 0.251. The second-order valence-electron chi connectivity index (χ2n) is 10.6. The van der Waals surface area contributed by atoms with Gasteiger partial charge in [-0.1, -0.05) is 19.6 Å². The smallest absolute Gasteiger partial charge is 0.409 e. The summed E-state index contributed by atoms with van der Waals surface area (Å²) in [5, 5.41) is 20.9. The first kappa shape index (κ1) is 26.7. The molecule has 2 atom stereocenters. The summed E-state index contributed by atoms with van der Waals surface area (Å²) >= 11 is 0. The largest absolute Gasteiger partial charge is 0.465 e. The highest BCUT2D eigenvalue weighted by atomic mass is 28.3. The van der Waals surface area contributed by atoms with E-state index in [9.17, 15) is 19.8 Å². The molecule has 0 aromatic carbocycles. The predicted molar refractivity (Wildman–Crippen MR) is 120 cm³/mol. The molecule has 0 spiro atoms. The van der Waals surface area contributed by atoms with E-state index in [4.69, 9.17) is 9.47 Å². The molecule has 1 aliphatic heterocycles. The van der Waals surface area contributed by atoms with E-state index in [1.54, 1.807) is 7.05 Å². The molecule has 0 unspecified atom stereocenters. The van der Waals surface area contributed by atoms with Gasteiger partial charge >= 0.3 is 12.2 Å². The average Bonchev–Trinajstić information content (AvgIpc) is 2.59. The minimum atomic E-state index is -1.31. The van der Waals surface area contributed by atoms with Crippen molar-refractivity contribution >= 4 is 20.3 Å². The number of hydrogen-bond acceptors (Lipinski definition) is 5. The highest BCUT2D eigenvalue weighted by molar-refractivity contribution is 6.76. The van der Waals surface area contributed by atoms with E-state index in [0.717, 1.165) is 18.9 Å². The lowest BCUT2D eigenvalue weighted by atomic mass is 9.87. The van der Waals surface area contributed by atoms with E-state index in [-0.39, 0.29) is 12.5 Å². The highest BCUT2D eigenvalue weighted by Crippen LogP contribution is 2.29. The number of amides is 2. The number of rotatable bonds is 9. The first-order valence-electron chi connectivity index (χ1n) is 10.9. The van der Waals surface area contributed by atoms with Crippen LogP contribution in [0.3, 0.4) is 0 Å². The molecule has 30 heavy (non-hydrogen) atoms. The van der Waals surface area contributed by atoms with E-state index in [2.05, 4.69) is 19.6 Å². The lowest BCUT2D eigenvalue weighted by Crippen LogP contribution is -2.58. The molecule has 2 N–H and O–H groups in total. The molecule has 0 saturated carbocycles. The van der Waals surface area contributed by atoms with Crippen LogP contribution in [-0.2, 0) is 9.47 Å². The molecular formula is C21H42N2O6Si. The summed E-state index contributed by atoms with van der Waals surface area (Å²) in [5.41, 5.74) is -0.681. The van der Waals surface area contributed by atoms with Crippen LogP contribution in [0.25, 0.3) is 0 Å². The molecule has 2 amide bonds. The zero-order valence-electron chi connectivity index (χ0n) is 19.8. The quantitative estimate of drug-likeness (QED) is 0.524. The van der Waals surface area contributed by atoms with E-state index in [1.165, 1.54) is 9.80 Å². The zero-order valence-corrected chi connectivity index (χ0v) is 20.8. The van der Waals surface area contributed by atoms with Gasteiger partial charge in [-0.3, -0.25) is 4.90 Å². The lowest BCUT2D eigenvalue weighted by Gasteiger charge is -2.43. The van der Waals surface area contributed by atoms with Gasteiger partial charge in [0.15, 0.2) is 0 Å². The zero-order chi connectivity index (χ0) is 23.1. The van der Waals surface area contributed by atoms with Gasteiger partial charge in [0, 0.05) is 33.9 Å². The van der Waals surface area contributed by atoms with Crippen LogP contribution in [-0.4, -0.2) is 91.4 Å². The summed E-state index contributed by atoms with van der Waals surface area (Å²) in [6.07, 6.45) is -0.358. The first-order chi connectivity index (χ1) is 13.7. The Bertz CT molecular complexity index is 555. The SMILES string of the molecule is CN(C[C@@H](O)[C@H](CC1CCOCC1)N(C(=O)O)C(C)(C)C)C(=O)OCC[Si](C)(C)C. The van der Waals surface area contributed by atoms with Gasteiger partial charge in [0.05, 0.1) is 25.3 Å². The molecular weight excluding hydrogens is 404 g/mol. The van der Waals surface area contributed by atoms with Crippen molar-refractivity contribution in [2.75, 3.05) is 33.4 Å². The number of carbonyl (C=O) groups excluding carboxylic acids is 1. The monoisotopic (exact) mass is 446 g/mol. The van der Waals surface area contributed by atoms with Crippen LogP contribution in [0.4, 0.5) is 9.59 Å². The van der Waals surface area contributed by atoms with Crippen molar-refractivity contribution in [3.8, 4) is 0 Å². The van der Waals surface area contributed by atoms with Crippen molar-refractivity contribution in [3.05, 3.63) is 0 Å². The molecule has 0 bridgehead atoms. The van der Waals surface area contributed by atoms with Crippen LogP contribution in [0.15, 0.2) is 0 Å². The third-order valence-electron chi connectivity index (χ3n) is 5.47. The molecule has 1 rings (SSSR count). The molecule has 1 saturated heterocycles. The fraction of sp³-hybridized carbons (Fsp3) is 0.905. The van der Waals surface area contributed by atoms with Crippen LogP contribution in [0.1, 0.15) is 40.0 Å². The number of aliphatic hydroxyl groups is 1. The van der Waals surface area contributed by atoms with Gasteiger partial charge in [-0.05, 0) is 52.0 Å². The Kier molecular flexibility index (Phi) is 10.1. The fourth-order valence-electron chi connectivity index (χ4n) is 3.72. The number of hydrogen-bond donors (Lipinski definition) is 2. The van der Waals surface area contributed by atoms with Gasteiger partial charge in [0.1, 0.15) is 0 Å². The van der Waals surface area contributed by atoms with Gasteiger partial charge in [-0.15, -0.1) is 0 Å². The van der Waals surface area contributed by atoms with E-state index >= 15 is 0 Å². The van der Waals surface area contributed by atoms with Crippen LogP contribution >= 0.6 is 0 Å². The molecule has 8 nitrogen and oxygen atoms in total. The number of nitrogens with zero attached hydrogens (tertiary/aromatic N) is 2. The summed E-state index contributed by atoms with van der Waals surface area (Å²) < 4.78 is 10.8. The van der Waals surface area contributed by atoms with Crippen molar-refractivity contribution in [2.45, 2.75) is 83.4 Å². The van der Waals surface area contributed by atoms with Crippen molar-refractivity contribution in [1.82, 2.24) is 9.80 Å². The standard InChI is InChI=1S/C21H42N2O6Si/c1-21(2,3)23(19(25)26)17(14-16-8-10-28-11-9-16)18(24)15-22(4)20(27)29-12-13-30(5,6)7/h16-18,24H,8-15H2,1-7H3,(H,25,26)/t17-,18+/m0/s1. The minimum absolute atomic E-state index is 0.0134. The maximum Gasteiger partial charge on any atom is 0.409 e. The normalized spacial score (nSPS) is 17.9. The van der Waals surface area contributed by atoms with E-state index in [0.29, 0.717) is 26.2 Å². The number of likely N-dealkylation sites (N-methyl/N-ethyl adjacent to an activating group) is 1. The summed E-state index contributed by atoms with van der Waals surface area (Å²) in [5.74, 6) is 0.275. The topological polar surface area (TPSA) is 99.5 Å². The number of ether oxygens (including phenoxy) is 2. The molecule has 176 valence electrons. The van der Waals surface area contributed by atoms with Crippen LogP contribution in [0, 0.1) is 5.92 Å². The Balaban J connectivity index is 2.85. The molecule has 1 aliphatic rings. The Morgan fingerprint density at radius 1 is 1.20 bits per heavy atom. The molecule has 0 aromatic heterocycles. The molecule has 0 aliphatic carbocycles. The molecule has 0 radical (unpaired) electrons. The fourth-order valence-corrected chi connectivity index (χ4v) is 4.43. The lowest BCUT2D eigenvalue weighted by molar-refractivity contribution is -0.0229. The highest BCUT2D eigenvalue weighted by Gasteiger charge is 2.39. The van der Waals surface area contributed by atoms with E-state index < -0.39 is 37.9 Å². The first-order valence-corrected chi connectivity index (χ1v) is 14.6. The number of aliphatic hydroxyl groups excluding tert-OH is 1. The van der Waals surface area contributed by atoms with Crippen molar-refractivity contribution in [3.63, 3.8) is 0 Å². The third-order valence-corrected chi connectivity index (χ3v) is 7.17. The second-order valence-corrected chi connectivity index (χ2v) is 16.2. The van der Waals surface area contributed by atoms with E-state index in [1.807, 2.05) is 20.8 Å². The number of carbonyl (C=O) groups is 2. The maximum absolute atomic E-state index is 12.3. The second kappa shape index (κ2) is 11.3. The van der Waals surface area contributed by atoms with Crippen molar-refractivity contribution in [1.29, 1.82) is 0 Å². The van der Waals surface area contributed by atoms with Crippen LogP contribution in [0.5, 0.6) is 0 Å². The van der Waals surface area contributed by atoms with Crippen LogP contribution < -0.4 is 0 Å². The third kappa shape index (κ3) is 9.22. The summed E-state index contributed by atoms with van der Waals surface area (Å²) in [7, 11) is 0.268. The Morgan fingerprint density at radius 2 is 1.77 bits per heavy atom. The van der Waals surface area contributed by atoms with Gasteiger partial charge in [-0.25, -0.2) is 9.59 Å². The summed E-state index contributed by atoms with van der Waals surface area (Å²) in [4.78, 5) is 27.1. The van der Waals surface area contributed by atoms with Gasteiger partial charge in [0.25, 0.3) is 0 Å². The summed E-state index contributed by atoms with van der Waals surface area (Å²) in [6.45, 7) is 13.8. The van der Waals surface area contributed by atoms with Crippen LogP contribution in [0.2, 0.25) is 25.7 Å². The predicted octanol–water partition coefficient (Wildman–Crippen LogP) is 3.72. The van der Waals surface area contributed by atoms with Gasteiger partial charge in [0.2, 0.25) is 0 Å². The minimum Gasteiger partial charge on any atom is -0.465 e. The molecule has 1 fully saturated rings. The number of carboxylic acid groups (broad SMARTS) is 1. The Labute approximate surface area is 182 Å². The van der Waals surface area contributed by atoms with Gasteiger partial charge < -0.3 is 24.6 Å².